The van der Waals surface area contributed by atoms with Crippen molar-refractivity contribution in [2.24, 2.45) is 0 Å². The molecule has 1 unspecified atom stereocenters. The largest absolute Gasteiger partial charge is 0.481 e. The van der Waals surface area contributed by atoms with Crippen molar-refractivity contribution in [3.63, 3.8) is 0 Å². The number of nitrogens with zero attached hydrogens (tertiary/aromatic N) is 2. The number of rotatable bonds is 5. The number of hydrogen-bond donors (Lipinski definition) is 2. The Kier molecular flexibility index (Phi) is 3.82. The minimum absolute atomic E-state index is 0.450. The molecule has 1 aromatic rings. The zero-order valence-corrected chi connectivity index (χ0v) is 8.70. The van der Waals surface area contributed by atoms with Crippen LogP contribution in [0.5, 0.6) is 0 Å². The molecule has 0 amide bonds. The van der Waals surface area contributed by atoms with Gasteiger partial charge in [-0.2, -0.15) is 0 Å². The Morgan fingerprint density at radius 2 is 1.94 bits per heavy atom. The third-order valence-electron chi connectivity index (χ3n) is 2.19. The van der Waals surface area contributed by atoms with Crippen molar-refractivity contribution in [1.82, 2.24) is 4.98 Å². The normalized spacial score (nSPS) is 11.8. The number of hydrogen-bond acceptors (Lipinski definition) is 4. The van der Waals surface area contributed by atoms with Crippen molar-refractivity contribution in [3.8, 4) is 0 Å². The van der Waals surface area contributed by atoms with Crippen LogP contribution in [0.3, 0.4) is 0 Å². The first-order valence-corrected chi connectivity index (χ1v) is 4.60. The predicted molar refractivity (Wildman–Crippen MR) is 56.3 cm³/mol. The van der Waals surface area contributed by atoms with Crippen molar-refractivity contribution in [2.45, 2.75) is 12.5 Å². The fourth-order valence-electron chi connectivity index (χ4n) is 1.31. The van der Waals surface area contributed by atoms with Gasteiger partial charge < -0.3 is 15.1 Å². The molecule has 1 rings (SSSR count). The molecule has 16 heavy (non-hydrogen) atoms. The molecule has 1 aromatic heterocycles. The smallest absolute Gasteiger partial charge is 0.326 e. The van der Waals surface area contributed by atoms with Gasteiger partial charge >= 0.3 is 11.9 Å². The fraction of sp³-hybridized carbons (Fsp3) is 0.300. The standard InChI is InChI=1S/C10H12N2O4/c1-12(7-2-4-11-5-3-7)8(10(15)16)6-9(13)14/h2-5,8H,6H2,1H3,(H,13,14)(H,15,16). The highest BCUT2D eigenvalue weighted by Gasteiger charge is 2.25. The molecule has 1 heterocycles. The molecule has 0 saturated heterocycles. The van der Waals surface area contributed by atoms with E-state index in [0.29, 0.717) is 5.69 Å². The second kappa shape index (κ2) is 5.11. The molecule has 0 aromatic carbocycles. The van der Waals surface area contributed by atoms with Crippen LogP contribution in [0.1, 0.15) is 6.42 Å². The number of carbonyl (C=O) groups is 2. The molecule has 6 nitrogen and oxygen atoms in total. The van der Waals surface area contributed by atoms with Gasteiger partial charge in [0.25, 0.3) is 0 Å². The lowest BCUT2D eigenvalue weighted by molar-refractivity contribution is -0.145. The first-order valence-electron chi connectivity index (χ1n) is 4.60. The summed E-state index contributed by atoms with van der Waals surface area (Å²) in [7, 11) is 1.54. The van der Waals surface area contributed by atoms with Crippen LogP contribution in [0.4, 0.5) is 5.69 Å². The lowest BCUT2D eigenvalue weighted by Crippen LogP contribution is -2.40. The molecule has 2 N–H and O–H groups in total. The maximum atomic E-state index is 10.9. The maximum Gasteiger partial charge on any atom is 0.326 e. The zero-order valence-electron chi connectivity index (χ0n) is 8.70. The summed E-state index contributed by atoms with van der Waals surface area (Å²) in [4.78, 5) is 26.7. The molecule has 0 spiro atoms. The molecule has 0 bridgehead atoms. The van der Waals surface area contributed by atoms with Crippen molar-refractivity contribution >= 4 is 17.6 Å². The van der Waals surface area contributed by atoms with E-state index in [2.05, 4.69) is 4.98 Å². The van der Waals surface area contributed by atoms with Crippen LogP contribution < -0.4 is 4.90 Å². The first-order chi connectivity index (χ1) is 7.52. The van der Waals surface area contributed by atoms with Crippen molar-refractivity contribution in [3.05, 3.63) is 24.5 Å². The molecular weight excluding hydrogens is 212 g/mol. The fourth-order valence-corrected chi connectivity index (χ4v) is 1.31. The SMILES string of the molecule is CN(c1ccncc1)C(CC(=O)O)C(=O)O. The number of aliphatic carboxylic acids is 2. The Labute approximate surface area is 92.1 Å². The van der Waals surface area contributed by atoms with Gasteiger partial charge in [0, 0.05) is 25.1 Å². The van der Waals surface area contributed by atoms with Crippen LogP contribution in [-0.2, 0) is 9.59 Å². The average molecular weight is 224 g/mol. The third-order valence-corrected chi connectivity index (χ3v) is 2.19. The zero-order chi connectivity index (χ0) is 12.1. The van der Waals surface area contributed by atoms with Crippen molar-refractivity contribution in [2.75, 3.05) is 11.9 Å². The summed E-state index contributed by atoms with van der Waals surface area (Å²) in [6.07, 6.45) is 2.59. The first kappa shape index (κ1) is 12.0. The van der Waals surface area contributed by atoms with Gasteiger partial charge in [-0.3, -0.25) is 9.78 Å². The van der Waals surface area contributed by atoms with Gasteiger partial charge in [0.2, 0.25) is 0 Å². The van der Waals surface area contributed by atoms with Crippen LogP contribution in [-0.4, -0.2) is 40.2 Å². The van der Waals surface area contributed by atoms with Crippen molar-refractivity contribution in [1.29, 1.82) is 0 Å². The van der Waals surface area contributed by atoms with Gasteiger partial charge in [0.1, 0.15) is 6.04 Å². The van der Waals surface area contributed by atoms with Crippen LogP contribution in [0, 0.1) is 0 Å². The monoisotopic (exact) mass is 224 g/mol. The predicted octanol–water partition coefficient (Wildman–Crippen LogP) is 0.446. The van der Waals surface area contributed by atoms with Gasteiger partial charge in [-0.15, -0.1) is 0 Å². The summed E-state index contributed by atoms with van der Waals surface area (Å²) in [5, 5.41) is 17.6. The van der Waals surface area contributed by atoms with E-state index >= 15 is 0 Å². The molecule has 1 atom stereocenters. The van der Waals surface area contributed by atoms with Gasteiger partial charge in [-0.05, 0) is 12.1 Å². The molecule has 0 saturated carbocycles. The van der Waals surface area contributed by atoms with E-state index in [1.165, 1.54) is 24.3 Å². The molecule has 0 aliphatic carbocycles. The average Bonchev–Trinajstić information content (AvgIpc) is 2.25. The molecule has 0 fully saturated rings. The van der Waals surface area contributed by atoms with Gasteiger partial charge in [0.05, 0.1) is 6.42 Å². The Balaban J connectivity index is 2.87. The highest BCUT2D eigenvalue weighted by atomic mass is 16.4. The maximum absolute atomic E-state index is 10.9. The van der Waals surface area contributed by atoms with E-state index in [4.69, 9.17) is 10.2 Å². The van der Waals surface area contributed by atoms with Crippen LogP contribution in [0.15, 0.2) is 24.5 Å². The summed E-state index contributed by atoms with van der Waals surface area (Å²) in [5.74, 6) is -2.31. The topological polar surface area (TPSA) is 90.7 Å². The van der Waals surface area contributed by atoms with Crippen molar-refractivity contribution < 1.29 is 19.8 Å². The number of likely N-dealkylation sites (N-methyl/N-ethyl adjacent to an activating group) is 1. The van der Waals surface area contributed by atoms with Crippen LogP contribution in [0.2, 0.25) is 0 Å². The highest BCUT2D eigenvalue weighted by molar-refractivity contribution is 5.83. The quantitative estimate of drug-likeness (QED) is 0.754. The molecule has 0 aliphatic rings. The second-order valence-corrected chi connectivity index (χ2v) is 3.27. The van der Waals surface area contributed by atoms with E-state index < -0.39 is 24.4 Å². The molecule has 86 valence electrons. The Morgan fingerprint density at radius 1 is 1.38 bits per heavy atom. The van der Waals surface area contributed by atoms with Crippen LogP contribution in [0.25, 0.3) is 0 Å². The lowest BCUT2D eigenvalue weighted by Gasteiger charge is -2.25. The lowest BCUT2D eigenvalue weighted by atomic mass is 10.1. The van der Waals surface area contributed by atoms with E-state index in [-0.39, 0.29) is 0 Å². The Bertz CT molecular complexity index is 380. The molecular formula is C10H12N2O4. The van der Waals surface area contributed by atoms with E-state index in [0.717, 1.165) is 0 Å². The molecule has 0 aliphatic heterocycles. The summed E-state index contributed by atoms with van der Waals surface area (Å²) in [5.41, 5.74) is 0.614. The summed E-state index contributed by atoms with van der Waals surface area (Å²) in [6, 6.07) is 2.16. The molecule has 0 radical (unpaired) electrons. The molecule has 6 heteroatoms. The number of aromatic nitrogens is 1. The summed E-state index contributed by atoms with van der Waals surface area (Å²) >= 11 is 0. The second-order valence-electron chi connectivity index (χ2n) is 3.27. The number of carboxylic acid groups (broad SMARTS) is 2. The summed E-state index contributed by atoms with van der Waals surface area (Å²) < 4.78 is 0. The van der Waals surface area contributed by atoms with E-state index in [9.17, 15) is 9.59 Å². The minimum atomic E-state index is -1.17. The number of pyridine rings is 1. The third kappa shape index (κ3) is 2.94. The summed E-state index contributed by atoms with van der Waals surface area (Å²) in [6.45, 7) is 0. The van der Waals surface area contributed by atoms with Gasteiger partial charge in [-0.1, -0.05) is 0 Å². The van der Waals surface area contributed by atoms with E-state index in [1.807, 2.05) is 0 Å². The number of carboxylic acids is 2. The van der Waals surface area contributed by atoms with Gasteiger partial charge in [-0.25, -0.2) is 4.79 Å². The minimum Gasteiger partial charge on any atom is -0.481 e. The van der Waals surface area contributed by atoms with Crippen LogP contribution >= 0.6 is 0 Å². The number of anilines is 1. The highest BCUT2D eigenvalue weighted by Crippen LogP contribution is 2.15. The van der Waals surface area contributed by atoms with E-state index in [1.54, 1.807) is 12.1 Å². The Morgan fingerprint density at radius 3 is 2.38 bits per heavy atom. The van der Waals surface area contributed by atoms with Gasteiger partial charge in [0.15, 0.2) is 0 Å². The Hall–Kier alpha value is -2.11.